The second-order valence-electron chi connectivity index (χ2n) is 17.2. The molecule has 56 heavy (non-hydrogen) atoms. The molecule has 0 saturated heterocycles. The molecule has 0 heterocycles. The van der Waals surface area contributed by atoms with Crippen LogP contribution in [0, 0.1) is 0 Å². The van der Waals surface area contributed by atoms with Crippen molar-refractivity contribution in [3.05, 3.63) is 12.2 Å². The molecule has 0 radical (unpaired) electrons. The van der Waals surface area contributed by atoms with Crippen molar-refractivity contribution in [3.8, 4) is 0 Å². The van der Waals surface area contributed by atoms with E-state index in [0.29, 0.717) is 19.4 Å². The van der Waals surface area contributed by atoms with Crippen LogP contribution in [0.25, 0.3) is 0 Å². The predicted molar refractivity (Wildman–Crippen MR) is 236 cm³/mol. The van der Waals surface area contributed by atoms with Gasteiger partial charge in [0.1, 0.15) is 12.7 Å². The fourth-order valence-corrected chi connectivity index (χ4v) is 7.84. The van der Waals surface area contributed by atoms with Gasteiger partial charge in [-0.15, -0.1) is 0 Å². The number of allylic oxidation sites excluding steroid dienone is 1. The summed E-state index contributed by atoms with van der Waals surface area (Å²) in [5.74, 6) is -0.399. The molecule has 1 aliphatic rings. The van der Waals surface area contributed by atoms with E-state index in [0.717, 1.165) is 103 Å². The molecule has 0 N–H and O–H groups in total. The molecule has 0 bridgehead atoms. The van der Waals surface area contributed by atoms with Crippen LogP contribution in [0.1, 0.15) is 239 Å². The van der Waals surface area contributed by atoms with Crippen LogP contribution >= 0.6 is 0 Å². The van der Waals surface area contributed by atoms with E-state index in [2.05, 4.69) is 24.8 Å². The lowest BCUT2D eigenvalue weighted by Crippen LogP contribution is -2.38. The summed E-state index contributed by atoms with van der Waals surface area (Å²) < 4.78 is 24.2. The average Bonchev–Trinajstić information content (AvgIpc) is 3.18. The summed E-state index contributed by atoms with van der Waals surface area (Å²) in [7, 11) is 4.10. The van der Waals surface area contributed by atoms with Gasteiger partial charge in [0.05, 0.1) is 13.2 Å². The Morgan fingerprint density at radius 1 is 0.554 bits per heavy atom. The maximum atomic E-state index is 12.6. The van der Waals surface area contributed by atoms with Crippen molar-refractivity contribution in [1.82, 2.24) is 4.90 Å². The van der Waals surface area contributed by atoms with Crippen LogP contribution in [0.4, 0.5) is 0 Å². The third-order valence-corrected chi connectivity index (χ3v) is 11.4. The van der Waals surface area contributed by atoms with Crippen LogP contribution in [0.3, 0.4) is 0 Å². The minimum absolute atomic E-state index is 0.0267. The number of rotatable bonds is 41. The number of hydrogen-bond acceptors (Lipinski definition) is 7. The molecular weight excluding hydrogens is 699 g/mol. The smallest absolute Gasteiger partial charge is 0.306 e. The highest BCUT2D eigenvalue weighted by Crippen LogP contribution is 2.33. The molecule has 0 aliphatic heterocycles. The Labute approximate surface area is 347 Å². The summed E-state index contributed by atoms with van der Waals surface area (Å²) in [6.07, 6.45) is 44.2. The lowest BCUT2D eigenvalue weighted by molar-refractivity contribution is -0.253. The molecule has 330 valence electrons. The van der Waals surface area contributed by atoms with E-state index in [1.807, 2.05) is 20.2 Å². The SMILES string of the molecule is CCCCCC/C=C\COC(=O)CCCCCCCCCC(CCCCCCCCCCOC1(OCCCCCCC)CCCCC1)OC(=O)CCCN(C)C. The average molecular weight is 792 g/mol. The Bertz CT molecular complexity index is 901. The maximum absolute atomic E-state index is 12.6. The third kappa shape index (κ3) is 33.5. The number of hydrogen-bond donors (Lipinski definition) is 0. The van der Waals surface area contributed by atoms with Gasteiger partial charge in [0.15, 0.2) is 5.79 Å². The quantitative estimate of drug-likeness (QED) is 0.0264. The van der Waals surface area contributed by atoms with E-state index in [9.17, 15) is 9.59 Å². The maximum Gasteiger partial charge on any atom is 0.306 e. The van der Waals surface area contributed by atoms with Crippen molar-refractivity contribution in [2.75, 3.05) is 40.5 Å². The topological polar surface area (TPSA) is 74.3 Å². The van der Waals surface area contributed by atoms with E-state index < -0.39 is 0 Å². The Hall–Kier alpha value is -1.44. The van der Waals surface area contributed by atoms with Gasteiger partial charge in [0.2, 0.25) is 0 Å². The second-order valence-corrected chi connectivity index (χ2v) is 17.2. The van der Waals surface area contributed by atoms with E-state index in [1.54, 1.807) is 0 Å². The zero-order valence-corrected chi connectivity index (χ0v) is 37.7. The standard InChI is InChI=1S/C49H93NO6/c1-5-7-9-11-18-24-32-43-53-47(51)38-29-22-17-14-16-21-28-37-46(56-48(52)39-35-42-50(3)4)36-27-20-15-12-13-19-25-34-45-55-49(40-30-26-31-41-49)54-44-33-23-10-8-6-2/h24,32,46H,5-23,25-31,33-45H2,1-4H3/b32-24-. The lowest BCUT2D eigenvalue weighted by atomic mass is 9.94. The van der Waals surface area contributed by atoms with Crippen LogP contribution in [-0.4, -0.2) is 69.2 Å². The molecule has 0 aromatic carbocycles. The number of carbonyl (C=O) groups is 2. The van der Waals surface area contributed by atoms with Crippen molar-refractivity contribution in [2.24, 2.45) is 0 Å². The molecule has 1 saturated carbocycles. The van der Waals surface area contributed by atoms with E-state index in [-0.39, 0.29) is 23.8 Å². The van der Waals surface area contributed by atoms with Gasteiger partial charge in [-0.05, 0) is 97.7 Å². The molecule has 1 rings (SSSR count). The number of nitrogens with zero attached hydrogens (tertiary/aromatic N) is 1. The molecule has 1 unspecified atom stereocenters. The van der Waals surface area contributed by atoms with Crippen LogP contribution in [0.15, 0.2) is 12.2 Å². The van der Waals surface area contributed by atoms with Gasteiger partial charge < -0.3 is 23.8 Å². The molecule has 0 aromatic rings. The summed E-state index contributed by atoms with van der Waals surface area (Å²) in [5.41, 5.74) is 0. The van der Waals surface area contributed by atoms with E-state index in [4.69, 9.17) is 18.9 Å². The Morgan fingerprint density at radius 3 is 1.59 bits per heavy atom. The molecular formula is C49H93NO6. The van der Waals surface area contributed by atoms with Gasteiger partial charge >= 0.3 is 11.9 Å². The fraction of sp³-hybridized carbons (Fsp3) is 0.918. The first-order valence-corrected chi connectivity index (χ1v) is 24.3. The van der Waals surface area contributed by atoms with Crippen molar-refractivity contribution in [3.63, 3.8) is 0 Å². The summed E-state index contributed by atoms with van der Waals surface area (Å²) in [6, 6.07) is 0. The van der Waals surface area contributed by atoms with Crippen LogP contribution in [0.5, 0.6) is 0 Å². The van der Waals surface area contributed by atoms with Crippen LogP contribution in [-0.2, 0) is 28.5 Å². The fourth-order valence-electron chi connectivity index (χ4n) is 7.84. The highest BCUT2D eigenvalue weighted by molar-refractivity contribution is 5.69. The highest BCUT2D eigenvalue weighted by atomic mass is 16.7. The summed E-state index contributed by atoms with van der Waals surface area (Å²) in [6.45, 7) is 7.50. The predicted octanol–water partition coefficient (Wildman–Crippen LogP) is 14.0. The summed E-state index contributed by atoms with van der Waals surface area (Å²) in [5, 5.41) is 0. The lowest BCUT2D eigenvalue weighted by Gasteiger charge is -2.37. The van der Waals surface area contributed by atoms with Crippen molar-refractivity contribution in [1.29, 1.82) is 0 Å². The molecule has 7 heteroatoms. The first kappa shape index (κ1) is 52.6. The van der Waals surface area contributed by atoms with Crippen LogP contribution < -0.4 is 0 Å². The largest absolute Gasteiger partial charge is 0.462 e. The van der Waals surface area contributed by atoms with Crippen molar-refractivity contribution >= 4 is 11.9 Å². The monoisotopic (exact) mass is 792 g/mol. The number of esters is 2. The molecule has 0 amide bonds. The number of unbranched alkanes of at least 4 members (excludes halogenated alkanes) is 21. The summed E-state index contributed by atoms with van der Waals surface area (Å²) >= 11 is 0. The molecule has 1 fully saturated rings. The first-order chi connectivity index (χ1) is 27.4. The minimum atomic E-state index is -0.300. The van der Waals surface area contributed by atoms with E-state index >= 15 is 0 Å². The van der Waals surface area contributed by atoms with Crippen molar-refractivity contribution < 1.29 is 28.5 Å². The van der Waals surface area contributed by atoms with Crippen molar-refractivity contribution in [2.45, 2.75) is 250 Å². The van der Waals surface area contributed by atoms with Gasteiger partial charge in [0, 0.05) is 25.7 Å². The zero-order valence-electron chi connectivity index (χ0n) is 37.7. The van der Waals surface area contributed by atoms with Gasteiger partial charge in [-0.1, -0.05) is 148 Å². The van der Waals surface area contributed by atoms with Crippen LogP contribution in [0.2, 0.25) is 0 Å². The Morgan fingerprint density at radius 2 is 1.04 bits per heavy atom. The zero-order chi connectivity index (χ0) is 40.6. The van der Waals surface area contributed by atoms with Gasteiger partial charge in [-0.25, -0.2) is 0 Å². The Kier molecular flexibility index (Phi) is 36.7. The van der Waals surface area contributed by atoms with Gasteiger partial charge in [-0.3, -0.25) is 9.59 Å². The minimum Gasteiger partial charge on any atom is -0.462 e. The van der Waals surface area contributed by atoms with Gasteiger partial charge in [-0.2, -0.15) is 0 Å². The molecule has 0 spiro atoms. The molecule has 0 aromatic heterocycles. The second kappa shape index (κ2) is 39.0. The highest BCUT2D eigenvalue weighted by Gasteiger charge is 2.33. The molecule has 1 atom stereocenters. The molecule has 1 aliphatic carbocycles. The third-order valence-electron chi connectivity index (χ3n) is 11.4. The number of carbonyl (C=O) groups excluding carboxylic acids is 2. The first-order valence-electron chi connectivity index (χ1n) is 24.3. The normalized spacial score (nSPS) is 14.8. The Balaban J connectivity index is 2.16. The van der Waals surface area contributed by atoms with E-state index in [1.165, 1.54) is 128 Å². The van der Waals surface area contributed by atoms with Gasteiger partial charge in [0.25, 0.3) is 0 Å². The molecule has 7 nitrogen and oxygen atoms in total. The number of ether oxygens (including phenoxy) is 4. The summed E-state index contributed by atoms with van der Waals surface area (Å²) in [4.78, 5) is 26.8.